The van der Waals surface area contributed by atoms with Crippen LogP contribution in [0.25, 0.3) is 11.1 Å². The van der Waals surface area contributed by atoms with Crippen molar-refractivity contribution in [3.8, 4) is 16.9 Å². The van der Waals surface area contributed by atoms with E-state index in [1.54, 1.807) is 44.8 Å². The number of amides is 2. The normalized spacial score (nSPS) is 10.0. The lowest BCUT2D eigenvalue weighted by Crippen LogP contribution is -2.48. The lowest BCUT2D eigenvalue weighted by molar-refractivity contribution is 0.246. The van der Waals surface area contributed by atoms with E-state index in [9.17, 15) is 4.79 Å². The van der Waals surface area contributed by atoms with Gasteiger partial charge in [-0.05, 0) is 42.3 Å². The molecule has 0 spiro atoms. The predicted molar refractivity (Wildman–Crippen MR) is 123 cm³/mol. The second kappa shape index (κ2) is 11.9. The first-order valence-electron chi connectivity index (χ1n) is 9.29. The molecule has 0 saturated carbocycles. The van der Waals surface area contributed by atoms with E-state index in [2.05, 4.69) is 9.72 Å². The number of hydrogen-bond acceptors (Lipinski definition) is 6. The molecule has 0 bridgehead atoms. The Kier molecular flexibility index (Phi) is 9.23. The van der Waals surface area contributed by atoms with Crippen molar-refractivity contribution in [1.82, 2.24) is 10.4 Å². The van der Waals surface area contributed by atoms with Gasteiger partial charge in [0.25, 0.3) is 0 Å². The van der Waals surface area contributed by atoms with Crippen LogP contribution in [0, 0.1) is 6.92 Å². The van der Waals surface area contributed by atoms with E-state index in [1.807, 2.05) is 42.7 Å². The van der Waals surface area contributed by atoms with E-state index in [0.29, 0.717) is 16.5 Å². The summed E-state index contributed by atoms with van der Waals surface area (Å²) >= 11 is 6.25. The van der Waals surface area contributed by atoms with E-state index in [0.717, 1.165) is 27.3 Å². The summed E-state index contributed by atoms with van der Waals surface area (Å²) in [7, 11) is 3.25. The summed E-state index contributed by atoms with van der Waals surface area (Å²) < 4.78 is 10.2. The van der Waals surface area contributed by atoms with Crippen LogP contribution in [0.3, 0.4) is 0 Å². The number of anilines is 1. The summed E-state index contributed by atoms with van der Waals surface area (Å²) in [5.74, 6) is 11.7. The monoisotopic (exact) mass is 443 g/mol. The number of benzene rings is 2. The number of aromatic nitrogens is 1. The molecule has 0 aliphatic rings. The van der Waals surface area contributed by atoms with Crippen LogP contribution in [0.5, 0.6) is 5.75 Å². The van der Waals surface area contributed by atoms with Crippen LogP contribution < -0.4 is 26.9 Å². The van der Waals surface area contributed by atoms with Crippen LogP contribution in [0.2, 0.25) is 5.02 Å². The third-order valence-corrected chi connectivity index (χ3v) is 4.56. The lowest BCUT2D eigenvalue weighted by atomic mass is 10.0. The maximum absolute atomic E-state index is 11.7. The largest absolute Gasteiger partial charge is 0.489 e. The smallest absolute Gasteiger partial charge is 0.350 e. The quantitative estimate of drug-likeness (QED) is 0.313. The highest BCUT2D eigenvalue weighted by molar-refractivity contribution is 6.33. The number of ether oxygens (including phenoxy) is 2. The lowest BCUT2D eigenvalue weighted by Gasteiger charge is -2.20. The van der Waals surface area contributed by atoms with Crippen LogP contribution in [0.4, 0.5) is 10.5 Å². The Hall–Kier alpha value is -3.17. The topological polar surface area (TPSA) is 116 Å². The summed E-state index contributed by atoms with van der Waals surface area (Å²) in [5, 5.41) is 1.58. The van der Waals surface area contributed by atoms with E-state index in [4.69, 9.17) is 28.0 Å². The summed E-state index contributed by atoms with van der Waals surface area (Å²) in [6.45, 7) is 2.18. The molecule has 3 aromatic rings. The van der Waals surface area contributed by atoms with Crippen molar-refractivity contribution >= 4 is 23.3 Å². The summed E-state index contributed by atoms with van der Waals surface area (Å²) in [5.41, 5.74) is 6.01. The van der Waals surface area contributed by atoms with Crippen molar-refractivity contribution in [2.45, 2.75) is 13.5 Å². The van der Waals surface area contributed by atoms with Crippen LogP contribution in [-0.2, 0) is 11.3 Å². The molecular weight excluding hydrogens is 418 g/mol. The van der Waals surface area contributed by atoms with Crippen molar-refractivity contribution in [1.29, 1.82) is 0 Å². The molecule has 0 atom stereocenters. The minimum absolute atomic E-state index is 0.232. The summed E-state index contributed by atoms with van der Waals surface area (Å²) in [6, 6.07) is 14.1. The molecule has 2 aromatic carbocycles. The van der Waals surface area contributed by atoms with Crippen LogP contribution in [0.15, 0.2) is 60.9 Å². The average Bonchev–Trinajstić information content (AvgIpc) is 2.78. The number of para-hydroxylation sites is 1. The zero-order valence-corrected chi connectivity index (χ0v) is 18.4. The second-order valence-corrected chi connectivity index (χ2v) is 6.89. The molecule has 0 unspecified atom stereocenters. The van der Waals surface area contributed by atoms with Gasteiger partial charge in [-0.1, -0.05) is 35.9 Å². The third kappa shape index (κ3) is 6.40. The van der Waals surface area contributed by atoms with Gasteiger partial charge in [-0.25, -0.2) is 21.5 Å². The highest BCUT2D eigenvalue weighted by Gasteiger charge is 2.14. The van der Waals surface area contributed by atoms with Gasteiger partial charge in [0.15, 0.2) is 0 Å². The van der Waals surface area contributed by atoms with Gasteiger partial charge in [-0.3, -0.25) is 10.4 Å². The van der Waals surface area contributed by atoms with Crippen molar-refractivity contribution in [2.75, 3.05) is 19.2 Å². The number of carbonyl (C=O) groups is 1. The van der Waals surface area contributed by atoms with Gasteiger partial charge in [-0.15, -0.1) is 0 Å². The average molecular weight is 444 g/mol. The molecule has 5 N–H and O–H groups in total. The van der Waals surface area contributed by atoms with Crippen molar-refractivity contribution in [2.24, 2.45) is 11.7 Å². The standard InChI is InChI=1S/C20H20ClN5O2.C2H6O/c1-13-10-14(16-11-24-9-8-17(16)21)6-7-19(13)28-12-15-4-2-3-5-18(15)26(23)20(27)25-22;1-3-2/h2-11H,12,22-23H2,1H3,(H,25,27);1-2H3. The molecule has 0 fully saturated rings. The van der Waals surface area contributed by atoms with E-state index in [-0.39, 0.29) is 6.61 Å². The number of carbonyl (C=O) groups excluding carboxylic acids is 1. The molecule has 3 rings (SSSR count). The zero-order valence-electron chi connectivity index (χ0n) is 17.6. The van der Waals surface area contributed by atoms with Crippen LogP contribution >= 0.6 is 11.6 Å². The maximum atomic E-state index is 11.7. The fraction of sp³-hybridized carbons (Fsp3) is 0.182. The summed E-state index contributed by atoms with van der Waals surface area (Å²) in [4.78, 5) is 15.8. The van der Waals surface area contributed by atoms with Crippen molar-refractivity contribution < 1.29 is 14.3 Å². The molecule has 1 heterocycles. The Morgan fingerprint density at radius 3 is 2.55 bits per heavy atom. The number of nitrogens with two attached hydrogens (primary N) is 2. The predicted octanol–water partition coefficient (Wildman–Crippen LogP) is 3.82. The maximum Gasteiger partial charge on any atom is 0.350 e. The van der Waals surface area contributed by atoms with Gasteiger partial charge in [-0.2, -0.15) is 0 Å². The zero-order chi connectivity index (χ0) is 22.8. The Morgan fingerprint density at radius 2 is 1.90 bits per heavy atom. The number of hydrazine groups is 2. The Labute approximate surface area is 186 Å². The molecule has 8 nitrogen and oxygen atoms in total. The molecule has 0 radical (unpaired) electrons. The first kappa shape index (κ1) is 24.1. The number of urea groups is 1. The first-order valence-corrected chi connectivity index (χ1v) is 9.67. The number of nitrogens with one attached hydrogen (secondary N) is 1. The molecule has 0 aliphatic heterocycles. The van der Waals surface area contributed by atoms with Crippen molar-refractivity contribution in [3.63, 3.8) is 0 Å². The fourth-order valence-electron chi connectivity index (χ4n) is 2.77. The molecule has 9 heteroatoms. The number of rotatable bonds is 5. The molecule has 0 saturated heterocycles. The van der Waals surface area contributed by atoms with Gasteiger partial charge in [0.2, 0.25) is 0 Å². The first-order chi connectivity index (χ1) is 14.9. The van der Waals surface area contributed by atoms with Crippen molar-refractivity contribution in [3.05, 3.63) is 77.1 Å². The van der Waals surface area contributed by atoms with Crippen LogP contribution in [0.1, 0.15) is 11.1 Å². The number of pyridine rings is 1. The highest BCUT2D eigenvalue weighted by atomic mass is 35.5. The van der Waals surface area contributed by atoms with Gasteiger partial charge >= 0.3 is 6.03 Å². The SMILES string of the molecule is COC.Cc1cc(-c2cnccc2Cl)ccc1OCc1ccccc1N(N)C(=O)NN. The second-order valence-electron chi connectivity index (χ2n) is 6.48. The van der Waals surface area contributed by atoms with E-state index < -0.39 is 6.03 Å². The number of nitrogens with zero attached hydrogens (tertiary/aromatic N) is 2. The van der Waals surface area contributed by atoms with Crippen LogP contribution in [-0.4, -0.2) is 25.2 Å². The minimum Gasteiger partial charge on any atom is -0.489 e. The fourth-order valence-corrected chi connectivity index (χ4v) is 2.99. The Morgan fingerprint density at radius 1 is 1.19 bits per heavy atom. The molecule has 164 valence electrons. The van der Waals surface area contributed by atoms with E-state index >= 15 is 0 Å². The number of hydrogen-bond donors (Lipinski definition) is 3. The molecule has 2 amide bonds. The van der Waals surface area contributed by atoms with Gasteiger partial charge in [0.05, 0.1) is 10.7 Å². The summed E-state index contributed by atoms with van der Waals surface area (Å²) in [6.07, 6.45) is 3.38. The van der Waals surface area contributed by atoms with Gasteiger partial charge in [0.1, 0.15) is 12.4 Å². The van der Waals surface area contributed by atoms with Gasteiger partial charge < -0.3 is 9.47 Å². The van der Waals surface area contributed by atoms with E-state index in [1.165, 1.54) is 0 Å². The Bertz CT molecular complexity index is 1020. The van der Waals surface area contributed by atoms with Gasteiger partial charge in [0, 0.05) is 37.7 Å². The molecular formula is C22H26ClN5O3. The molecule has 0 aliphatic carbocycles. The minimum atomic E-state index is -0.624. The number of halogens is 1. The molecule has 31 heavy (non-hydrogen) atoms. The highest BCUT2D eigenvalue weighted by Crippen LogP contribution is 2.31. The molecule has 1 aromatic heterocycles. The number of methoxy groups -OCH3 is 1. The number of aryl methyl sites for hydroxylation is 1. The third-order valence-electron chi connectivity index (χ3n) is 4.23. The Balaban J connectivity index is 0.00000107.